The molecule has 0 amide bonds. The van der Waals surface area contributed by atoms with Gasteiger partial charge in [-0.2, -0.15) is 4.57 Å². The first kappa shape index (κ1) is 16.3. The molecule has 8 heteroatoms. The molecule has 2 heterocycles. The Bertz CT molecular complexity index is 678. The smallest absolute Gasteiger partial charge is 0.416 e. The summed E-state index contributed by atoms with van der Waals surface area (Å²) in [5.74, 6) is 1.27. The molecule has 1 aliphatic rings. The van der Waals surface area contributed by atoms with E-state index in [1.807, 2.05) is 6.92 Å². The van der Waals surface area contributed by atoms with E-state index < -0.39 is 11.2 Å². The number of aromatic amines is 1. The third-order valence-electron chi connectivity index (χ3n) is 3.60. The van der Waals surface area contributed by atoms with E-state index in [4.69, 9.17) is 25.6 Å². The number of hydrogen-bond acceptors (Lipinski definition) is 4. The summed E-state index contributed by atoms with van der Waals surface area (Å²) < 4.78 is 3.54. The van der Waals surface area contributed by atoms with Crippen molar-refractivity contribution in [3.8, 4) is 0 Å². The lowest BCUT2D eigenvalue weighted by atomic mass is 10.2. The topological polar surface area (TPSA) is 62.3 Å². The zero-order valence-electron chi connectivity index (χ0n) is 12.3. The Hall–Kier alpha value is -1.12. The fraction of sp³-hybridized carbons (Fsp3) is 0.615. The Labute approximate surface area is 134 Å². The van der Waals surface area contributed by atoms with Crippen LogP contribution in [-0.2, 0) is 32.2 Å². The van der Waals surface area contributed by atoms with Gasteiger partial charge in [0.2, 0.25) is 5.84 Å². The van der Waals surface area contributed by atoms with Crippen molar-refractivity contribution in [1.29, 1.82) is 0 Å². The first-order chi connectivity index (χ1) is 10.0. The second-order valence-corrected chi connectivity index (χ2v) is 5.91. The fourth-order valence-corrected chi connectivity index (χ4v) is 3.23. The van der Waals surface area contributed by atoms with Crippen LogP contribution in [0.15, 0.2) is 9.59 Å². The van der Waals surface area contributed by atoms with E-state index >= 15 is 0 Å². The van der Waals surface area contributed by atoms with Gasteiger partial charge < -0.3 is 29.9 Å². The Morgan fingerprint density at radius 3 is 2.52 bits per heavy atom. The quantitative estimate of drug-likeness (QED) is 0.571. The Morgan fingerprint density at radius 2 is 1.90 bits per heavy atom. The molecule has 2 rings (SSSR count). The van der Waals surface area contributed by atoms with Crippen molar-refractivity contribution >= 4 is 43.0 Å². The summed E-state index contributed by atoms with van der Waals surface area (Å²) in [6, 6.07) is 0. The van der Waals surface area contributed by atoms with Crippen molar-refractivity contribution in [2.24, 2.45) is 0 Å². The van der Waals surface area contributed by atoms with Gasteiger partial charge >= 0.3 is 17.1 Å². The van der Waals surface area contributed by atoms with Crippen LogP contribution in [0.2, 0.25) is 0 Å². The van der Waals surface area contributed by atoms with Crippen molar-refractivity contribution in [2.75, 3.05) is 0 Å². The van der Waals surface area contributed by atoms with Crippen molar-refractivity contribution < 1.29 is 8.29 Å². The second kappa shape index (κ2) is 6.76. The number of quaternary nitrogens is 1. The minimum absolute atomic E-state index is 0.377. The average molecular weight is 328 g/mol. The van der Waals surface area contributed by atoms with E-state index in [9.17, 15) is 9.59 Å². The van der Waals surface area contributed by atoms with Gasteiger partial charge in [0, 0.05) is 0 Å². The highest BCUT2D eigenvalue weighted by atomic mass is 32.1. The lowest BCUT2D eigenvalue weighted by Crippen LogP contribution is -3.05. The summed E-state index contributed by atoms with van der Waals surface area (Å²) in [7, 11) is 0. The van der Waals surface area contributed by atoms with Crippen LogP contribution in [0.5, 0.6) is 0 Å². The first-order valence-corrected chi connectivity index (χ1v) is 8.05. The molecule has 21 heavy (non-hydrogen) atoms. The number of H-pyrrole nitrogens is 1. The predicted molar refractivity (Wildman–Crippen MR) is 86.0 cm³/mol. The van der Waals surface area contributed by atoms with Crippen LogP contribution in [0, 0.1) is 0 Å². The average Bonchev–Trinajstić information content (AvgIpc) is 2.69. The number of unbranched alkanes of at least 4 members (excludes halogenated alkanes) is 2. The highest BCUT2D eigenvalue weighted by Gasteiger charge is 2.36. The van der Waals surface area contributed by atoms with Crippen LogP contribution in [0.3, 0.4) is 0 Å². The van der Waals surface area contributed by atoms with Crippen molar-refractivity contribution in [3.05, 3.63) is 20.8 Å². The molecule has 1 atom stereocenters. The lowest BCUT2D eigenvalue weighted by Gasteiger charge is -2.16. The van der Waals surface area contributed by atoms with Crippen LogP contribution >= 0.6 is 0 Å². The maximum atomic E-state index is 12.1. The van der Waals surface area contributed by atoms with E-state index in [-0.39, 0.29) is 0 Å². The molecule has 1 aliphatic heterocycles. The van der Waals surface area contributed by atoms with Gasteiger partial charge in [0.25, 0.3) is 5.69 Å². The van der Waals surface area contributed by atoms with Gasteiger partial charge in [-0.1, -0.05) is 26.7 Å². The van der Waals surface area contributed by atoms with E-state index in [1.165, 1.54) is 3.98 Å². The molecule has 2 N–H and O–H groups in total. The molecule has 0 fully saturated rings. The van der Waals surface area contributed by atoms with Gasteiger partial charge in [0.05, 0.1) is 13.0 Å². The van der Waals surface area contributed by atoms with Gasteiger partial charge in [-0.25, -0.2) is 9.78 Å². The second-order valence-electron chi connectivity index (χ2n) is 5.14. The van der Waals surface area contributed by atoms with Crippen molar-refractivity contribution in [2.45, 2.75) is 52.5 Å². The molecule has 116 valence electrons. The highest BCUT2D eigenvalue weighted by Crippen LogP contribution is 2.20. The number of fused-ring (bicyclic) bond motifs is 1. The minimum atomic E-state index is -0.436. The number of amidine groups is 1. The molecule has 0 bridgehead atoms. The summed E-state index contributed by atoms with van der Waals surface area (Å²) in [5.41, 5.74) is -0.475. The molecule has 0 aliphatic carbocycles. The molecule has 0 radical (unpaired) electrons. The van der Waals surface area contributed by atoms with Crippen LogP contribution in [-0.4, -0.2) is 19.4 Å². The summed E-state index contributed by atoms with van der Waals surface area (Å²) >= 11 is 10.8. The van der Waals surface area contributed by atoms with E-state index in [1.54, 1.807) is 4.57 Å². The molecule has 1 aromatic rings. The summed E-state index contributed by atoms with van der Waals surface area (Å²) in [6.45, 7) is 4.67. The molecule has 0 aromatic carbocycles. The summed E-state index contributed by atoms with van der Waals surface area (Å²) in [5, 5.41) is 0. The molecule has 0 spiro atoms. The van der Waals surface area contributed by atoms with Crippen molar-refractivity contribution in [3.63, 3.8) is 0 Å². The SMILES string of the molecule is CCCCC1=[N+]([S-])c2c(c(=O)[nH]c(=O)n2CCCC)[NH+]1[S-]. The van der Waals surface area contributed by atoms with Gasteiger partial charge in [-0.15, -0.1) is 0 Å². The maximum absolute atomic E-state index is 12.1. The van der Waals surface area contributed by atoms with Crippen molar-refractivity contribution in [1.82, 2.24) is 9.55 Å². The normalized spacial score (nSPS) is 17.4. The number of hydrogen-bond donors (Lipinski definition) is 2. The van der Waals surface area contributed by atoms with Crippen LogP contribution in [0.25, 0.3) is 0 Å². The van der Waals surface area contributed by atoms with Crippen LogP contribution in [0.1, 0.15) is 46.0 Å². The number of rotatable bonds is 6. The molecule has 1 unspecified atom stereocenters. The zero-order valence-corrected chi connectivity index (χ0v) is 13.9. The number of aromatic nitrogens is 2. The third-order valence-corrected chi connectivity index (χ3v) is 4.43. The highest BCUT2D eigenvalue weighted by molar-refractivity contribution is 7.52. The molecular formula is C13H20N4O2S2. The standard InChI is InChI=1S/C13H20N4O2S2/c1-3-5-7-9-16(20)10-11(18)14-13(19)15(8-6-4-2)12(10)17(9)21/h16H,3-8H2,1-2H3,(H,14,18,19). The fourth-order valence-electron chi connectivity index (χ4n) is 2.42. The van der Waals surface area contributed by atoms with Crippen LogP contribution < -0.4 is 15.6 Å². The van der Waals surface area contributed by atoms with Gasteiger partial charge in [-0.3, -0.25) is 8.78 Å². The zero-order chi connectivity index (χ0) is 15.6. The lowest BCUT2D eigenvalue weighted by molar-refractivity contribution is -0.573. The summed E-state index contributed by atoms with van der Waals surface area (Å²) in [6.07, 6.45) is 4.50. The Balaban J connectivity index is 2.58. The number of nitrogens with one attached hydrogen (secondary N) is 2. The molecular weight excluding hydrogens is 308 g/mol. The largest absolute Gasteiger partial charge is 0.549 e. The minimum Gasteiger partial charge on any atom is -0.549 e. The molecule has 0 saturated carbocycles. The molecule has 0 saturated heterocycles. The van der Waals surface area contributed by atoms with Gasteiger partial charge in [0.15, 0.2) is 0 Å². The van der Waals surface area contributed by atoms with E-state index in [2.05, 4.69) is 11.9 Å². The Kier molecular flexibility index (Phi) is 5.23. The Morgan fingerprint density at radius 1 is 1.24 bits per heavy atom. The van der Waals surface area contributed by atoms with Gasteiger partial charge in [-0.05, 0) is 12.8 Å². The number of nitrogens with zero attached hydrogens (tertiary/aromatic N) is 2. The monoisotopic (exact) mass is 328 g/mol. The van der Waals surface area contributed by atoms with E-state index in [0.717, 1.165) is 37.9 Å². The predicted octanol–water partition coefficient (Wildman–Crippen LogP) is 0.0232. The third kappa shape index (κ3) is 2.93. The van der Waals surface area contributed by atoms with Gasteiger partial charge in [0.1, 0.15) is 0 Å². The molecule has 1 aromatic heterocycles. The van der Waals surface area contributed by atoms with Crippen LogP contribution in [0.4, 0.5) is 11.5 Å². The summed E-state index contributed by atoms with van der Waals surface area (Å²) in [4.78, 5) is 26.5. The van der Waals surface area contributed by atoms with E-state index in [0.29, 0.717) is 22.4 Å². The maximum Gasteiger partial charge on any atom is 0.416 e. The first-order valence-electron chi connectivity index (χ1n) is 7.27. The molecule has 6 nitrogen and oxygen atoms in total.